The van der Waals surface area contributed by atoms with Gasteiger partial charge in [0.2, 0.25) is 0 Å². The van der Waals surface area contributed by atoms with E-state index in [0.29, 0.717) is 17.8 Å². The lowest BCUT2D eigenvalue weighted by Gasteiger charge is -2.30. The van der Waals surface area contributed by atoms with Gasteiger partial charge in [-0.05, 0) is 42.4 Å². The van der Waals surface area contributed by atoms with Crippen LogP contribution in [-0.4, -0.2) is 39.4 Å². The molecular formula is C16H22O5. The summed E-state index contributed by atoms with van der Waals surface area (Å²) in [6.45, 7) is 0. The minimum atomic E-state index is -0.825. The number of methoxy groups -OCH3 is 3. The van der Waals surface area contributed by atoms with Crippen LogP contribution < -0.4 is 0 Å². The van der Waals surface area contributed by atoms with Crippen molar-refractivity contribution < 1.29 is 23.8 Å². The molecule has 5 heteroatoms. The topological polar surface area (TPSA) is 61.8 Å². The van der Waals surface area contributed by atoms with Gasteiger partial charge in [0.1, 0.15) is 0 Å². The van der Waals surface area contributed by atoms with Gasteiger partial charge in [-0.3, -0.25) is 9.59 Å². The predicted octanol–water partition coefficient (Wildman–Crippen LogP) is 1.42. The molecule has 0 aromatic rings. The second-order valence-electron chi connectivity index (χ2n) is 6.26. The van der Waals surface area contributed by atoms with Crippen molar-refractivity contribution in [1.82, 2.24) is 0 Å². The number of allylic oxidation sites excluding steroid dienone is 2. The van der Waals surface area contributed by atoms with Crippen molar-refractivity contribution in [2.45, 2.75) is 18.9 Å². The van der Waals surface area contributed by atoms with E-state index in [1.807, 2.05) is 0 Å². The van der Waals surface area contributed by atoms with Gasteiger partial charge in [0.25, 0.3) is 0 Å². The molecule has 0 aliphatic heterocycles. The standard InChI is InChI=1S/C16H22O5/c1-19-11-7-10-8-5-4-6-9(8)12(11)13(10)14(15(17)20-2)16(18)21-3/h4,6,8-14H,5,7H2,1-3H3/t8-,9+,10+,11-,12+,13-/m1/s1. The average Bonchev–Trinajstić information content (AvgIpc) is 3.17. The second-order valence-corrected chi connectivity index (χ2v) is 6.26. The predicted molar refractivity (Wildman–Crippen MR) is 74.1 cm³/mol. The highest BCUT2D eigenvalue weighted by Gasteiger charge is 2.63. The molecule has 6 atom stereocenters. The molecule has 3 aliphatic carbocycles. The van der Waals surface area contributed by atoms with Crippen LogP contribution in [0.4, 0.5) is 0 Å². The fraction of sp³-hybridized carbons (Fsp3) is 0.750. The van der Waals surface area contributed by atoms with E-state index in [4.69, 9.17) is 14.2 Å². The van der Waals surface area contributed by atoms with E-state index in [1.165, 1.54) is 14.2 Å². The van der Waals surface area contributed by atoms with E-state index >= 15 is 0 Å². The number of hydrogen-bond donors (Lipinski definition) is 0. The molecule has 0 spiro atoms. The molecule has 2 saturated carbocycles. The quantitative estimate of drug-likeness (QED) is 0.446. The van der Waals surface area contributed by atoms with Crippen LogP contribution in [0.5, 0.6) is 0 Å². The van der Waals surface area contributed by atoms with Crippen molar-refractivity contribution in [3.05, 3.63) is 12.2 Å². The Hall–Kier alpha value is -1.36. The van der Waals surface area contributed by atoms with Gasteiger partial charge in [-0.1, -0.05) is 12.2 Å². The molecule has 0 radical (unpaired) electrons. The highest BCUT2D eigenvalue weighted by Crippen LogP contribution is 2.62. The zero-order valence-corrected chi connectivity index (χ0v) is 12.7. The summed E-state index contributed by atoms with van der Waals surface area (Å²) in [6.07, 6.45) is 6.52. The molecule has 3 rings (SSSR count). The number of rotatable bonds is 4. The monoisotopic (exact) mass is 294 g/mol. The van der Waals surface area contributed by atoms with Crippen LogP contribution in [0.15, 0.2) is 12.2 Å². The van der Waals surface area contributed by atoms with Crippen molar-refractivity contribution in [2.75, 3.05) is 21.3 Å². The zero-order valence-electron chi connectivity index (χ0n) is 12.7. The van der Waals surface area contributed by atoms with Gasteiger partial charge in [0.05, 0.1) is 20.3 Å². The maximum atomic E-state index is 12.2. The maximum Gasteiger partial charge on any atom is 0.320 e. The summed E-state index contributed by atoms with van der Waals surface area (Å²) in [6, 6.07) is 0. The van der Waals surface area contributed by atoms with E-state index < -0.39 is 17.9 Å². The van der Waals surface area contributed by atoms with Gasteiger partial charge in [-0.2, -0.15) is 0 Å². The molecule has 0 saturated heterocycles. The lowest BCUT2D eigenvalue weighted by molar-refractivity contribution is -0.163. The molecule has 0 aromatic carbocycles. The molecular weight excluding hydrogens is 272 g/mol. The molecule has 0 N–H and O–H groups in total. The lowest BCUT2D eigenvalue weighted by Crippen LogP contribution is -2.37. The van der Waals surface area contributed by atoms with Crippen molar-refractivity contribution in [2.24, 2.45) is 35.5 Å². The SMILES string of the molecule is COC(=O)C(C(=O)OC)[C@@H]1[C@H]2C[C@@H](OC)[C@@H]1[C@H]1C=CC[C@H]12. The molecule has 5 nitrogen and oxygen atoms in total. The third kappa shape index (κ3) is 2.01. The third-order valence-corrected chi connectivity index (χ3v) is 5.73. The first-order chi connectivity index (χ1) is 10.1. The first kappa shape index (κ1) is 14.6. The van der Waals surface area contributed by atoms with Gasteiger partial charge in [0.15, 0.2) is 5.92 Å². The van der Waals surface area contributed by atoms with Gasteiger partial charge >= 0.3 is 11.9 Å². The second kappa shape index (κ2) is 5.44. The number of hydrogen-bond acceptors (Lipinski definition) is 5. The summed E-state index contributed by atoms with van der Waals surface area (Å²) < 4.78 is 15.4. The molecule has 0 heterocycles. The highest BCUT2D eigenvalue weighted by atomic mass is 16.5. The minimum Gasteiger partial charge on any atom is -0.468 e. The van der Waals surface area contributed by atoms with Crippen LogP contribution in [0, 0.1) is 35.5 Å². The molecule has 21 heavy (non-hydrogen) atoms. The van der Waals surface area contributed by atoms with Crippen LogP contribution in [0.2, 0.25) is 0 Å². The Morgan fingerprint density at radius 3 is 2.33 bits per heavy atom. The Morgan fingerprint density at radius 2 is 1.76 bits per heavy atom. The van der Waals surface area contributed by atoms with Gasteiger partial charge < -0.3 is 14.2 Å². The van der Waals surface area contributed by atoms with Gasteiger partial charge in [-0.25, -0.2) is 0 Å². The number of carbonyl (C=O) groups excluding carboxylic acids is 2. The Morgan fingerprint density at radius 1 is 1.10 bits per heavy atom. The molecule has 2 fully saturated rings. The van der Waals surface area contributed by atoms with Crippen LogP contribution in [0.25, 0.3) is 0 Å². The lowest BCUT2D eigenvalue weighted by atomic mass is 9.80. The number of esters is 2. The average molecular weight is 294 g/mol. The van der Waals surface area contributed by atoms with Crippen molar-refractivity contribution in [3.63, 3.8) is 0 Å². The van der Waals surface area contributed by atoms with E-state index in [1.54, 1.807) is 7.11 Å². The zero-order chi connectivity index (χ0) is 15.1. The van der Waals surface area contributed by atoms with E-state index in [0.717, 1.165) is 12.8 Å². The Labute approximate surface area is 124 Å². The molecule has 3 aliphatic rings. The van der Waals surface area contributed by atoms with E-state index in [-0.39, 0.29) is 17.9 Å². The van der Waals surface area contributed by atoms with E-state index in [9.17, 15) is 9.59 Å². The molecule has 0 amide bonds. The summed E-state index contributed by atoms with van der Waals surface area (Å²) >= 11 is 0. The summed E-state index contributed by atoms with van der Waals surface area (Å²) in [4.78, 5) is 24.3. The molecule has 116 valence electrons. The fourth-order valence-corrected chi connectivity index (χ4v) is 5.03. The summed E-state index contributed by atoms with van der Waals surface area (Å²) in [5, 5.41) is 0. The first-order valence-corrected chi connectivity index (χ1v) is 7.49. The maximum absolute atomic E-state index is 12.2. The Balaban J connectivity index is 1.94. The molecule has 2 bridgehead atoms. The third-order valence-electron chi connectivity index (χ3n) is 5.73. The van der Waals surface area contributed by atoms with E-state index in [2.05, 4.69) is 12.2 Å². The first-order valence-electron chi connectivity index (χ1n) is 7.49. The summed E-state index contributed by atoms with van der Waals surface area (Å²) in [5.41, 5.74) is 0. The largest absolute Gasteiger partial charge is 0.468 e. The smallest absolute Gasteiger partial charge is 0.320 e. The molecule has 0 unspecified atom stereocenters. The van der Waals surface area contributed by atoms with Crippen LogP contribution in [-0.2, 0) is 23.8 Å². The number of ether oxygens (including phenoxy) is 3. The Kier molecular flexibility index (Phi) is 3.78. The van der Waals surface area contributed by atoms with Crippen molar-refractivity contribution in [3.8, 4) is 0 Å². The summed E-state index contributed by atoms with van der Waals surface area (Å²) in [7, 11) is 4.36. The van der Waals surface area contributed by atoms with Gasteiger partial charge in [-0.15, -0.1) is 0 Å². The number of fused-ring (bicyclic) bond motifs is 5. The molecule has 0 aromatic heterocycles. The van der Waals surface area contributed by atoms with Crippen molar-refractivity contribution in [1.29, 1.82) is 0 Å². The highest BCUT2D eigenvalue weighted by molar-refractivity contribution is 5.95. The minimum absolute atomic E-state index is 0.0326. The summed E-state index contributed by atoms with van der Waals surface area (Å²) in [5.74, 6) is -0.358. The Bertz CT molecular complexity index is 455. The normalized spacial score (nSPS) is 39.6. The fourth-order valence-electron chi connectivity index (χ4n) is 5.03. The van der Waals surface area contributed by atoms with Crippen LogP contribution >= 0.6 is 0 Å². The number of carbonyl (C=O) groups is 2. The van der Waals surface area contributed by atoms with Crippen LogP contribution in [0.3, 0.4) is 0 Å². The van der Waals surface area contributed by atoms with Crippen molar-refractivity contribution >= 4 is 11.9 Å². The van der Waals surface area contributed by atoms with Gasteiger partial charge in [0, 0.05) is 7.11 Å². The van der Waals surface area contributed by atoms with Crippen LogP contribution in [0.1, 0.15) is 12.8 Å².